The summed E-state index contributed by atoms with van der Waals surface area (Å²) in [5.74, 6) is -0.878. The number of aromatic nitrogens is 2. The third kappa shape index (κ3) is 2.62. The molecule has 1 amide bonds. The van der Waals surface area contributed by atoms with Crippen LogP contribution in [0, 0.1) is 5.92 Å². The molecule has 2 N–H and O–H groups in total. The molecule has 0 spiro atoms. The van der Waals surface area contributed by atoms with E-state index in [9.17, 15) is 13.2 Å². The summed E-state index contributed by atoms with van der Waals surface area (Å²) in [6.45, 7) is 0.431. The number of sulfonamides is 1. The van der Waals surface area contributed by atoms with E-state index in [2.05, 4.69) is 5.10 Å². The second kappa shape index (κ2) is 5.54. The summed E-state index contributed by atoms with van der Waals surface area (Å²) in [4.78, 5) is 11.3. The van der Waals surface area contributed by atoms with E-state index < -0.39 is 21.8 Å². The lowest BCUT2D eigenvalue weighted by Crippen LogP contribution is -2.31. The molecule has 1 aliphatic rings. The number of rotatable bonds is 4. The van der Waals surface area contributed by atoms with Crippen molar-refractivity contribution in [3.63, 3.8) is 0 Å². The predicted octanol–water partition coefficient (Wildman–Crippen LogP) is 0.368. The molecule has 8 heteroatoms. The second-order valence-electron chi connectivity index (χ2n) is 5.21. The molecule has 0 radical (unpaired) electrons. The molecule has 0 bridgehead atoms. The number of amides is 1. The Bertz CT molecular complexity index is 785. The average Bonchev–Trinajstić information content (AvgIpc) is 3.18. The maximum Gasteiger partial charge on any atom is 0.246 e. The lowest BCUT2D eigenvalue weighted by molar-refractivity contribution is -0.121. The first-order valence-corrected chi connectivity index (χ1v) is 8.32. The molecule has 1 aromatic heterocycles. The molecule has 2 aromatic rings. The van der Waals surface area contributed by atoms with E-state index in [0.717, 1.165) is 5.69 Å². The first-order chi connectivity index (χ1) is 10.5. The van der Waals surface area contributed by atoms with Gasteiger partial charge in [-0.1, -0.05) is 18.2 Å². The summed E-state index contributed by atoms with van der Waals surface area (Å²) in [6, 6.07) is 9.25. The van der Waals surface area contributed by atoms with Crippen molar-refractivity contribution >= 4 is 15.9 Å². The summed E-state index contributed by atoms with van der Waals surface area (Å²) in [6.07, 6.45) is 3.25. The van der Waals surface area contributed by atoms with Crippen LogP contribution in [0.5, 0.6) is 0 Å². The van der Waals surface area contributed by atoms with Crippen molar-refractivity contribution in [1.82, 2.24) is 14.1 Å². The number of carbonyl (C=O) groups is 1. The summed E-state index contributed by atoms with van der Waals surface area (Å²) in [5.41, 5.74) is 6.02. The first kappa shape index (κ1) is 14.7. The van der Waals surface area contributed by atoms with Gasteiger partial charge in [-0.05, 0) is 18.6 Å². The van der Waals surface area contributed by atoms with Crippen LogP contribution < -0.4 is 5.73 Å². The van der Waals surface area contributed by atoms with Crippen molar-refractivity contribution in [2.45, 2.75) is 11.3 Å². The van der Waals surface area contributed by atoms with Crippen molar-refractivity contribution in [3.05, 3.63) is 42.7 Å². The quantitative estimate of drug-likeness (QED) is 0.880. The van der Waals surface area contributed by atoms with Gasteiger partial charge in [0.15, 0.2) is 0 Å². The number of carbonyl (C=O) groups excluding carboxylic acids is 1. The van der Waals surface area contributed by atoms with Gasteiger partial charge in [0.1, 0.15) is 4.90 Å². The zero-order valence-corrected chi connectivity index (χ0v) is 12.6. The molecule has 22 heavy (non-hydrogen) atoms. The summed E-state index contributed by atoms with van der Waals surface area (Å²) in [5, 5.41) is 4.10. The average molecular weight is 320 g/mol. The number of nitrogens with zero attached hydrogens (tertiary/aromatic N) is 3. The number of hydrogen-bond donors (Lipinski definition) is 1. The van der Waals surface area contributed by atoms with E-state index in [4.69, 9.17) is 5.73 Å². The van der Waals surface area contributed by atoms with Crippen LogP contribution in [0.1, 0.15) is 6.42 Å². The lowest BCUT2D eigenvalue weighted by atomic mass is 10.1. The van der Waals surface area contributed by atoms with Crippen molar-refractivity contribution in [1.29, 1.82) is 0 Å². The van der Waals surface area contributed by atoms with Crippen molar-refractivity contribution < 1.29 is 13.2 Å². The molecule has 0 saturated carbocycles. The van der Waals surface area contributed by atoms with Gasteiger partial charge < -0.3 is 5.73 Å². The minimum Gasteiger partial charge on any atom is -0.369 e. The topological polar surface area (TPSA) is 98.3 Å². The summed E-state index contributed by atoms with van der Waals surface area (Å²) >= 11 is 0. The monoisotopic (exact) mass is 320 g/mol. The number of para-hydroxylation sites is 1. The van der Waals surface area contributed by atoms with Crippen LogP contribution in [0.2, 0.25) is 0 Å². The summed E-state index contributed by atoms with van der Waals surface area (Å²) < 4.78 is 27.9. The third-order valence-corrected chi connectivity index (χ3v) is 5.59. The second-order valence-corrected chi connectivity index (χ2v) is 7.15. The maximum atomic E-state index is 12.6. The van der Waals surface area contributed by atoms with Gasteiger partial charge in [-0.25, -0.2) is 13.1 Å². The minimum absolute atomic E-state index is 0.112. The van der Waals surface area contributed by atoms with E-state index in [1.807, 2.05) is 30.3 Å². The fourth-order valence-corrected chi connectivity index (χ4v) is 3.92. The highest BCUT2D eigenvalue weighted by atomic mass is 32.2. The van der Waals surface area contributed by atoms with Crippen LogP contribution in [0.3, 0.4) is 0 Å². The Morgan fingerprint density at radius 2 is 2.00 bits per heavy atom. The Hall–Kier alpha value is -2.19. The number of nitrogens with two attached hydrogens (primary N) is 1. The minimum atomic E-state index is -3.65. The SMILES string of the molecule is NC(=O)[C@H]1CCN(S(=O)(=O)c2cnn(-c3ccccc3)c2)C1. The van der Waals surface area contributed by atoms with Gasteiger partial charge in [-0.2, -0.15) is 9.40 Å². The molecule has 1 saturated heterocycles. The fourth-order valence-electron chi connectivity index (χ4n) is 2.49. The third-order valence-electron chi connectivity index (χ3n) is 3.77. The van der Waals surface area contributed by atoms with Crippen molar-refractivity contribution in [2.75, 3.05) is 13.1 Å². The fraction of sp³-hybridized carbons (Fsp3) is 0.286. The van der Waals surface area contributed by atoms with Gasteiger partial charge in [0.2, 0.25) is 15.9 Å². The molecule has 0 aliphatic carbocycles. The smallest absolute Gasteiger partial charge is 0.246 e. The van der Waals surface area contributed by atoms with Gasteiger partial charge in [0.05, 0.1) is 24.0 Å². The molecule has 1 aromatic carbocycles. The highest BCUT2D eigenvalue weighted by molar-refractivity contribution is 7.89. The first-order valence-electron chi connectivity index (χ1n) is 6.88. The standard InChI is InChI=1S/C14H16N4O3S/c15-14(19)11-6-7-17(9-11)22(20,21)13-8-16-18(10-13)12-4-2-1-3-5-12/h1-5,8,10-11H,6-7,9H2,(H2,15,19)/t11-/m0/s1. The molecule has 116 valence electrons. The van der Waals surface area contributed by atoms with E-state index in [-0.39, 0.29) is 11.4 Å². The van der Waals surface area contributed by atoms with E-state index in [0.29, 0.717) is 13.0 Å². The zero-order valence-electron chi connectivity index (χ0n) is 11.8. The van der Waals surface area contributed by atoms with Crippen LogP contribution in [0.25, 0.3) is 5.69 Å². The van der Waals surface area contributed by atoms with Gasteiger partial charge in [-0.15, -0.1) is 0 Å². The van der Waals surface area contributed by atoms with Gasteiger partial charge in [-0.3, -0.25) is 4.79 Å². The molecule has 3 rings (SSSR count). The highest BCUT2D eigenvalue weighted by Gasteiger charge is 2.35. The molecule has 1 fully saturated rings. The van der Waals surface area contributed by atoms with Crippen molar-refractivity contribution in [2.24, 2.45) is 11.7 Å². The Balaban J connectivity index is 1.85. The lowest BCUT2D eigenvalue weighted by Gasteiger charge is -2.14. The number of benzene rings is 1. The van der Waals surface area contributed by atoms with Crippen LogP contribution in [-0.4, -0.2) is 41.5 Å². The van der Waals surface area contributed by atoms with E-state index >= 15 is 0 Å². The highest BCUT2D eigenvalue weighted by Crippen LogP contribution is 2.24. The molecule has 0 unspecified atom stereocenters. The Morgan fingerprint density at radius 1 is 1.27 bits per heavy atom. The number of primary amides is 1. The molecular weight excluding hydrogens is 304 g/mol. The molecule has 7 nitrogen and oxygen atoms in total. The van der Waals surface area contributed by atoms with Gasteiger partial charge in [0, 0.05) is 13.1 Å². The van der Waals surface area contributed by atoms with Crippen LogP contribution in [0.15, 0.2) is 47.6 Å². The molecule has 1 aliphatic heterocycles. The van der Waals surface area contributed by atoms with Crippen LogP contribution >= 0.6 is 0 Å². The predicted molar refractivity (Wildman–Crippen MR) is 79.6 cm³/mol. The molecular formula is C14H16N4O3S. The van der Waals surface area contributed by atoms with Crippen LogP contribution in [-0.2, 0) is 14.8 Å². The zero-order chi connectivity index (χ0) is 15.7. The normalized spacial score (nSPS) is 19.4. The Labute approximate surface area is 128 Å². The molecule has 2 heterocycles. The van der Waals surface area contributed by atoms with Gasteiger partial charge >= 0.3 is 0 Å². The van der Waals surface area contributed by atoms with Gasteiger partial charge in [0.25, 0.3) is 0 Å². The maximum absolute atomic E-state index is 12.6. The Kier molecular flexibility index (Phi) is 3.71. The number of hydrogen-bond acceptors (Lipinski definition) is 4. The van der Waals surface area contributed by atoms with Crippen molar-refractivity contribution in [3.8, 4) is 5.69 Å². The van der Waals surface area contributed by atoms with E-state index in [1.54, 1.807) is 0 Å². The van der Waals surface area contributed by atoms with E-state index in [1.165, 1.54) is 21.4 Å². The van der Waals surface area contributed by atoms with Crippen LogP contribution in [0.4, 0.5) is 0 Å². The largest absolute Gasteiger partial charge is 0.369 e. The Morgan fingerprint density at radius 3 is 2.64 bits per heavy atom. The molecule has 1 atom stereocenters. The summed E-state index contributed by atoms with van der Waals surface area (Å²) in [7, 11) is -3.65.